The Morgan fingerprint density at radius 1 is 1.03 bits per heavy atom. The topological polar surface area (TPSA) is 76.2 Å². The van der Waals surface area contributed by atoms with Crippen molar-refractivity contribution in [2.24, 2.45) is 0 Å². The Morgan fingerprint density at radius 3 is 2.61 bits per heavy atom. The van der Waals surface area contributed by atoms with Gasteiger partial charge < -0.3 is 19.8 Å². The number of hydrogen-bond acceptors (Lipinski definition) is 4. The molecule has 4 aromatic rings. The highest BCUT2D eigenvalue weighted by Gasteiger charge is 2.22. The Labute approximate surface area is 180 Å². The molecule has 2 aromatic heterocycles. The molecular formula is C25H25N3O3. The van der Waals surface area contributed by atoms with E-state index in [1.807, 2.05) is 42.5 Å². The van der Waals surface area contributed by atoms with Crippen LogP contribution in [0.4, 0.5) is 0 Å². The minimum absolute atomic E-state index is 0.137. The minimum atomic E-state index is -0.137. The number of carbonyl (C=O) groups is 1. The lowest BCUT2D eigenvalue weighted by molar-refractivity contribution is 0.0933. The lowest BCUT2D eigenvalue weighted by Gasteiger charge is -2.14. The molecule has 1 saturated carbocycles. The van der Waals surface area contributed by atoms with Gasteiger partial charge in [0, 0.05) is 27.9 Å². The summed E-state index contributed by atoms with van der Waals surface area (Å²) < 4.78 is 11.1. The van der Waals surface area contributed by atoms with Crippen LogP contribution in [-0.4, -0.2) is 36.1 Å². The first-order chi connectivity index (χ1) is 15.2. The molecule has 158 valence electrons. The molecule has 0 atom stereocenters. The van der Waals surface area contributed by atoms with Crippen LogP contribution in [-0.2, 0) is 0 Å². The van der Waals surface area contributed by atoms with E-state index in [0.717, 1.165) is 53.1 Å². The zero-order chi connectivity index (χ0) is 21.4. The largest absolute Gasteiger partial charge is 0.497 e. The van der Waals surface area contributed by atoms with E-state index in [9.17, 15) is 4.79 Å². The summed E-state index contributed by atoms with van der Waals surface area (Å²) in [5.74, 6) is 1.23. The number of nitrogens with zero attached hydrogens (tertiary/aromatic N) is 1. The van der Waals surface area contributed by atoms with E-state index in [0.29, 0.717) is 22.9 Å². The van der Waals surface area contributed by atoms with Gasteiger partial charge in [-0.2, -0.15) is 0 Å². The summed E-state index contributed by atoms with van der Waals surface area (Å²) in [4.78, 5) is 21.4. The van der Waals surface area contributed by atoms with Crippen LogP contribution in [0.25, 0.3) is 33.1 Å². The van der Waals surface area contributed by atoms with Gasteiger partial charge in [0.1, 0.15) is 17.2 Å². The van der Waals surface area contributed by atoms with Crippen molar-refractivity contribution in [2.75, 3.05) is 14.2 Å². The summed E-state index contributed by atoms with van der Waals surface area (Å²) in [6, 6.07) is 15.8. The van der Waals surface area contributed by atoms with Crippen molar-refractivity contribution in [1.82, 2.24) is 15.3 Å². The first-order valence-electron chi connectivity index (χ1n) is 10.6. The fraction of sp³-hybridized carbons (Fsp3) is 0.280. The molecule has 2 heterocycles. The highest BCUT2D eigenvalue weighted by molar-refractivity contribution is 6.13. The molecule has 6 nitrogen and oxygen atoms in total. The molecule has 5 rings (SSSR count). The van der Waals surface area contributed by atoms with Crippen LogP contribution < -0.4 is 14.8 Å². The number of amides is 1. The predicted octanol–water partition coefficient (Wildman–Crippen LogP) is 5.07. The van der Waals surface area contributed by atoms with Crippen LogP contribution in [0.5, 0.6) is 11.5 Å². The molecular weight excluding hydrogens is 390 g/mol. The number of carbonyl (C=O) groups excluding carboxylic acids is 1. The van der Waals surface area contributed by atoms with Gasteiger partial charge >= 0.3 is 0 Å². The SMILES string of the molecule is COc1ccc(OC)c(-c2nc(C(=O)NC3CCCC3)cc3c2[nH]c2ccccc23)c1. The van der Waals surface area contributed by atoms with E-state index in [1.54, 1.807) is 14.2 Å². The van der Waals surface area contributed by atoms with Gasteiger partial charge in [-0.1, -0.05) is 31.0 Å². The van der Waals surface area contributed by atoms with Crippen LogP contribution in [0.1, 0.15) is 36.2 Å². The van der Waals surface area contributed by atoms with Crippen LogP contribution in [0.15, 0.2) is 48.5 Å². The van der Waals surface area contributed by atoms with E-state index in [4.69, 9.17) is 14.5 Å². The number of nitrogens with one attached hydrogen (secondary N) is 2. The molecule has 0 saturated heterocycles. The summed E-state index contributed by atoms with van der Waals surface area (Å²) in [6.07, 6.45) is 4.37. The molecule has 0 bridgehead atoms. The summed E-state index contributed by atoms with van der Waals surface area (Å²) in [5.41, 5.74) is 3.71. The quantitative estimate of drug-likeness (QED) is 0.477. The van der Waals surface area contributed by atoms with Gasteiger partial charge in [-0.15, -0.1) is 0 Å². The number of benzene rings is 2. The molecule has 0 aliphatic heterocycles. The van der Waals surface area contributed by atoms with Gasteiger partial charge in [0.15, 0.2) is 0 Å². The molecule has 6 heteroatoms. The van der Waals surface area contributed by atoms with Crippen molar-refractivity contribution in [1.29, 1.82) is 0 Å². The van der Waals surface area contributed by atoms with Crippen LogP contribution in [0.2, 0.25) is 0 Å². The molecule has 31 heavy (non-hydrogen) atoms. The third-order valence-corrected chi connectivity index (χ3v) is 6.08. The third kappa shape index (κ3) is 3.48. The second-order valence-electron chi connectivity index (χ2n) is 7.97. The molecule has 2 aromatic carbocycles. The lowest BCUT2D eigenvalue weighted by Crippen LogP contribution is -2.33. The number of hydrogen-bond donors (Lipinski definition) is 2. The monoisotopic (exact) mass is 415 g/mol. The average molecular weight is 415 g/mol. The van der Waals surface area contributed by atoms with Crippen LogP contribution >= 0.6 is 0 Å². The Morgan fingerprint density at radius 2 is 1.84 bits per heavy atom. The molecule has 1 amide bonds. The van der Waals surface area contributed by atoms with Crippen molar-refractivity contribution in [2.45, 2.75) is 31.7 Å². The van der Waals surface area contributed by atoms with Crippen molar-refractivity contribution in [3.05, 3.63) is 54.2 Å². The lowest BCUT2D eigenvalue weighted by atomic mass is 10.0. The fourth-order valence-electron chi connectivity index (χ4n) is 4.49. The maximum Gasteiger partial charge on any atom is 0.270 e. The summed E-state index contributed by atoms with van der Waals surface area (Å²) >= 11 is 0. The van der Waals surface area contributed by atoms with Crippen LogP contribution in [0.3, 0.4) is 0 Å². The first-order valence-corrected chi connectivity index (χ1v) is 10.6. The summed E-state index contributed by atoms with van der Waals surface area (Å²) in [5, 5.41) is 5.18. The minimum Gasteiger partial charge on any atom is -0.497 e. The van der Waals surface area contributed by atoms with Gasteiger partial charge in [0.2, 0.25) is 0 Å². The third-order valence-electron chi connectivity index (χ3n) is 6.08. The molecule has 1 aliphatic carbocycles. The summed E-state index contributed by atoms with van der Waals surface area (Å²) in [7, 11) is 3.26. The number of rotatable bonds is 5. The Kier molecular flexibility index (Phi) is 4.98. The smallest absolute Gasteiger partial charge is 0.270 e. The second-order valence-corrected chi connectivity index (χ2v) is 7.97. The fourth-order valence-corrected chi connectivity index (χ4v) is 4.49. The van der Waals surface area contributed by atoms with Crippen molar-refractivity contribution >= 4 is 27.7 Å². The molecule has 1 fully saturated rings. The Hall–Kier alpha value is -3.54. The zero-order valence-electron chi connectivity index (χ0n) is 17.7. The maximum absolute atomic E-state index is 13.1. The number of ether oxygens (including phenoxy) is 2. The number of aromatic nitrogens is 2. The zero-order valence-corrected chi connectivity index (χ0v) is 17.7. The predicted molar refractivity (Wildman–Crippen MR) is 122 cm³/mol. The second kappa shape index (κ2) is 7.95. The number of H-pyrrole nitrogens is 1. The normalized spacial score (nSPS) is 14.3. The number of pyridine rings is 1. The van der Waals surface area contributed by atoms with E-state index in [2.05, 4.69) is 16.4 Å². The standard InChI is InChI=1S/C25H25N3O3/c1-30-16-11-12-22(31-2)19(13-16)24-23-18(17-9-5-6-10-20(17)27-23)14-21(28-24)25(29)26-15-7-3-4-8-15/h5-6,9-15,27H,3-4,7-8H2,1-2H3,(H,26,29). The Balaban J connectivity index is 1.73. The van der Waals surface area contributed by atoms with Crippen molar-refractivity contribution in [3.8, 4) is 22.8 Å². The first kappa shape index (κ1) is 19.4. The van der Waals surface area contributed by atoms with E-state index in [1.165, 1.54) is 0 Å². The number of methoxy groups -OCH3 is 2. The van der Waals surface area contributed by atoms with E-state index in [-0.39, 0.29) is 11.9 Å². The summed E-state index contributed by atoms with van der Waals surface area (Å²) in [6.45, 7) is 0. The number of fused-ring (bicyclic) bond motifs is 3. The van der Waals surface area contributed by atoms with Crippen molar-refractivity contribution in [3.63, 3.8) is 0 Å². The van der Waals surface area contributed by atoms with E-state index >= 15 is 0 Å². The molecule has 0 spiro atoms. The van der Waals surface area contributed by atoms with Crippen molar-refractivity contribution < 1.29 is 14.3 Å². The van der Waals surface area contributed by atoms with Crippen LogP contribution in [0, 0.1) is 0 Å². The average Bonchev–Trinajstić information content (AvgIpc) is 3.45. The van der Waals surface area contributed by atoms with Gasteiger partial charge in [-0.25, -0.2) is 4.98 Å². The molecule has 0 unspecified atom stereocenters. The van der Waals surface area contributed by atoms with Gasteiger partial charge in [-0.05, 0) is 43.2 Å². The van der Waals surface area contributed by atoms with Gasteiger partial charge in [0.25, 0.3) is 5.91 Å². The Bertz CT molecular complexity index is 1270. The molecule has 2 N–H and O–H groups in total. The van der Waals surface area contributed by atoms with E-state index < -0.39 is 0 Å². The highest BCUT2D eigenvalue weighted by atomic mass is 16.5. The van der Waals surface area contributed by atoms with Gasteiger partial charge in [0.05, 0.1) is 25.4 Å². The number of para-hydroxylation sites is 1. The molecule has 0 radical (unpaired) electrons. The van der Waals surface area contributed by atoms with Gasteiger partial charge in [-0.3, -0.25) is 4.79 Å². The maximum atomic E-state index is 13.1. The number of aromatic amines is 1. The highest BCUT2D eigenvalue weighted by Crippen LogP contribution is 2.38. The molecule has 1 aliphatic rings.